The van der Waals surface area contributed by atoms with Crippen molar-refractivity contribution in [1.29, 1.82) is 0 Å². The maximum atomic E-state index is 10.2. The molecule has 0 bridgehead atoms. The molecule has 0 aromatic carbocycles. The van der Waals surface area contributed by atoms with Gasteiger partial charge in [-0.3, -0.25) is 0 Å². The number of carbonyl (C=O) groups excluding carboxylic acids is 1. The monoisotopic (exact) mass is 169 g/mol. The minimum atomic E-state index is 0. The predicted molar refractivity (Wildman–Crippen MR) is 43.9 cm³/mol. The van der Waals surface area contributed by atoms with Crippen molar-refractivity contribution in [2.75, 3.05) is 0 Å². The molecule has 11 heavy (non-hydrogen) atoms. The molecule has 4 heteroatoms. The van der Waals surface area contributed by atoms with Gasteiger partial charge in [0, 0.05) is 10.4 Å². The van der Waals surface area contributed by atoms with E-state index < -0.39 is 0 Å². The molecule has 0 saturated heterocycles. The van der Waals surface area contributed by atoms with Gasteiger partial charge in [-0.05, 0) is 11.4 Å². The number of hydrogen-bond acceptors (Lipinski definition) is 3. The molecule has 0 saturated carbocycles. The molecular formula is C7H7NO2S. The van der Waals surface area contributed by atoms with E-state index in [1.807, 2.05) is 17.4 Å². The van der Waals surface area contributed by atoms with Crippen molar-refractivity contribution in [2.24, 2.45) is 0 Å². The third-order valence-electron chi connectivity index (χ3n) is 1.54. The van der Waals surface area contributed by atoms with Gasteiger partial charge in [0.2, 0.25) is 0 Å². The first-order valence-electron chi connectivity index (χ1n) is 2.97. The molecule has 1 aromatic heterocycles. The lowest BCUT2D eigenvalue weighted by Gasteiger charge is -1.88. The van der Waals surface area contributed by atoms with E-state index in [1.54, 1.807) is 11.3 Å². The Labute approximate surface area is 67.7 Å². The number of fused-ring (bicyclic) bond motifs is 1. The topological polar surface area (TPSA) is 60.6 Å². The highest BCUT2D eigenvalue weighted by Gasteiger charge is 2.16. The first-order chi connectivity index (χ1) is 4.92. The Hall–Kier alpha value is -1.09. The SMILES string of the molecule is O.O=C=C1NCc2sccc21. The van der Waals surface area contributed by atoms with Crippen LogP contribution in [0.5, 0.6) is 0 Å². The Morgan fingerprint density at radius 2 is 2.45 bits per heavy atom. The van der Waals surface area contributed by atoms with Crippen LogP contribution in [0.15, 0.2) is 11.4 Å². The van der Waals surface area contributed by atoms with Crippen molar-refractivity contribution >= 4 is 23.0 Å². The largest absolute Gasteiger partial charge is 0.412 e. The standard InChI is InChI=1S/C7H5NOS.H2O/c9-4-6-5-1-2-10-7(5)3-8-6;/h1-2,8H,3H2;1H2. The Morgan fingerprint density at radius 3 is 3.18 bits per heavy atom. The second kappa shape index (κ2) is 2.88. The number of hydrogen-bond donors (Lipinski definition) is 1. The van der Waals surface area contributed by atoms with Gasteiger partial charge in [-0.2, -0.15) is 0 Å². The van der Waals surface area contributed by atoms with Gasteiger partial charge in [-0.1, -0.05) is 0 Å². The quantitative estimate of drug-likeness (QED) is 0.564. The van der Waals surface area contributed by atoms with Crippen LogP contribution in [0.3, 0.4) is 0 Å². The normalized spacial score (nSPS) is 12.9. The molecule has 0 atom stereocenters. The summed E-state index contributed by atoms with van der Waals surface area (Å²) in [6.07, 6.45) is 0. The van der Waals surface area contributed by atoms with Gasteiger partial charge in [0.05, 0.1) is 6.54 Å². The Balaban J connectivity index is 0.000000605. The van der Waals surface area contributed by atoms with Crippen LogP contribution in [-0.2, 0) is 11.3 Å². The molecule has 0 radical (unpaired) electrons. The maximum absolute atomic E-state index is 10.2. The highest BCUT2D eigenvalue weighted by atomic mass is 32.1. The molecule has 1 aromatic rings. The summed E-state index contributed by atoms with van der Waals surface area (Å²) in [4.78, 5) is 11.5. The molecular weight excluding hydrogens is 162 g/mol. The van der Waals surface area contributed by atoms with Gasteiger partial charge < -0.3 is 10.8 Å². The fourth-order valence-corrected chi connectivity index (χ4v) is 1.88. The lowest BCUT2D eigenvalue weighted by atomic mass is 10.2. The Bertz CT molecular complexity index is 312. The minimum absolute atomic E-state index is 0. The van der Waals surface area contributed by atoms with Crippen molar-refractivity contribution in [3.63, 3.8) is 0 Å². The number of rotatable bonds is 0. The smallest absolute Gasteiger partial charge is 0.150 e. The molecule has 0 aliphatic carbocycles. The minimum Gasteiger partial charge on any atom is -0.412 e. The molecule has 0 spiro atoms. The second-order valence-electron chi connectivity index (χ2n) is 2.09. The highest BCUT2D eigenvalue weighted by molar-refractivity contribution is 7.10. The first kappa shape index (κ1) is 8.01. The van der Waals surface area contributed by atoms with E-state index in [0.29, 0.717) is 5.70 Å². The van der Waals surface area contributed by atoms with Crippen molar-refractivity contribution < 1.29 is 10.3 Å². The molecule has 0 unspecified atom stereocenters. The van der Waals surface area contributed by atoms with Crippen molar-refractivity contribution in [3.05, 3.63) is 21.9 Å². The molecule has 58 valence electrons. The van der Waals surface area contributed by atoms with E-state index in [9.17, 15) is 4.79 Å². The lowest BCUT2D eigenvalue weighted by molar-refractivity contribution is 0.568. The zero-order valence-corrected chi connectivity index (χ0v) is 6.49. The van der Waals surface area contributed by atoms with Crippen LogP contribution < -0.4 is 5.32 Å². The summed E-state index contributed by atoms with van der Waals surface area (Å²) in [5, 5.41) is 4.94. The zero-order chi connectivity index (χ0) is 6.97. The van der Waals surface area contributed by atoms with Gasteiger partial charge in [-0.15, -0.1) is 11.3 Å². The summed E-state index contributed by atoms with van der Waals surface area (Å²) in [7, 11) is 0. The third-order valence-corrected chi connectivity index (χ3v) is 2.46. The average Bonchev–Trinajstić information content (AvgIpc) is 2.44. The number of thiophene rings is 1. The zero-order valence-electron chi connectivity index (χ0n) is 5.68. The number of nitrogens with one attached hydrogen (secondary N) is 1. The maximum Gasteiger partial charge on any atom is 0.150 e. The lowest BCUT2D eigenvalue weighted by Crippen LogP contribution is -2.00. The summed E-state index contributed by atoms with van der Waals surface area (Å²) in [6, 6.07) is 1.94. The average molecular weight is 169 g/mol. The van der Waals surface area contributed by atoms with Crippen LogP contribution in [0.4, 0.5) is 0 Å². The van der Waals surface area contributed by atoms with E-state index in [2.05, 4.69) is 5.32 Å². The van der Waals surface area contributed by atoms with Crippen molar-refractivity contribution in [1.82, 2.24) is 5.32 Å². The fraction of sp³-hybridized carbons (Fsp3) is 0.143. The Kier molecular flexibility index (Phi) is 2.10. The van der Waals surface area contributed by atoms with E-state index in [4.69, 9.17) is 0 Å². The molecule has 1 aliphatic rings. The molecule has 3 nitrogen and oxygen atoms in total. The van der Waals surface area contributed by atoms with Crippen molar-refractivity contribution in [2.45, 2.75) is 6.54 Å². The van der Waals surface area contributed by atoms with Crippen molar-refractivity contribution in [3.8, 4) is 0 Å². The van der Waals surface area contributed by atoms with E-state index >= 15 is 0 Å². The summed E-state index contributed by atoms with van der Waals surface area (Å²) in [6.45, 7) is 0.789. The van der Waals surface area contributed by atoms with Crippen LogP contribution in [0.1, 0.15) is 10.4 Å². The van der Waals surface area contributed by atoms with E-state index in [0.717, 1.165) is 12.1 Å². The van der Waals surface area contributed by atoms with Crippen LogP contribution >= 0.6 is 11.3 Å². The fourth-order valence-electron chi connectivity index (χ4n) is 1.06. The van der Waals surface area contributed by atoms with Gasteiger partial charge >= 0.3 is 0 Å². The Morgan fingerprint density at radius 1 is 1.64 bits per heavy atom. The summed E-state index contributed by atoms with van der Waals surface area (Å²) in [5.41, 5.74) is 1.64. The van der Waals surface area contributed by atoms with E-state index in [1.165, 1.54) is 4.88 Å². The summed E-state index contributed by atoms with van der Waals surface area (Å²) in [5.74, 6) is 1.87. The molecule has 3 N–H and O–H groups in total. The first-order valence-corrected chi connectivity index (χ1v) is 3.85. The molecule has 1 aliphatic heterocycles. The highest BCUT2D eigenvalue weighted by Crippen LogP contribution is 2.26. The molecule has 2 rings (SSSR count). The van der Waals surface area contributed by atoms with Gasteiger partial charge in [0.1, 0.15) is 5.70 Å². The van der Waals surface area contributed by atoms with E-state index in [-0.39, 0.29) is 5.48 Å². The van der Waals surface area contributed by atoms with Gasteiger partial charge in [0.15, 0.2) is 5.94 Å². The van der Waals surface area contributed by atoms with Crippen LogP contribution in [0.25, 0.3) is 5.70 Å². The molecule has 0 fully saturated rings. The van der Waals surface area contributed by atoms with Crippen LogP contribution in [-0.4, -0.2) is 11.4 Å². The summed E-state index contributed by atoms with van der Waals surface area (Å²) >= 11 is 1.67. The predicted octanol–water partition coefficient (Wildman–Crippen LogP) is 0.199. The molecule has 0 amide bonds. The third kappa shape index (κ3) is 1.07. The molecule has 2 heterocycles. The van der Waals surface area contributed by atoms with Crippen LogP contribution in [0.2, 0.25) is 0 Å². The summed E-state index contributed by atoms with van der Waals surface area (Å²) < 4.78 is 0. The van der Waals surface area contributed by atoms with Gasteiger partial charge in [0.25, 0.3) is 0 Å². The second-order valence-corrected chi connectivity index (χ2v) is 3.09. The van der Waals surface area contributed by atoms with Crippen LogP contribution in [0, 0.1) is 0 Å². The van der Waals surface area contributed by atoms with Gasteiger partial charge in [-0.25, -0.2) is 4.79 Å².